The van der Waals surface area contributed by atoms with Crippen molar-refractivity contribution in [3.05, 3.63) is 17.5 Å². The second-order valence-electron chi connectivity index (χ2n) is 3.82. The summed E-state index contributed by atoms with van der Waals surface area (Å²) < 4.78 is 5.67. The van der Waals surface area contributed by atoms with Crippen molar-refractivity contribution in [3.8, 4) is 0 Å². The lowest BCUT2D eigenvalue weighted by molar-refractivity contribution is -0.00357. The normalized spacial score (nSPS) is 25.8. The summed E-state index contributed by atoms with van der Waals surface area (Å²) in [4.78, 5) is 10.1. The van der Waals surface area contributed by atoms with E-state index in [9.17, 15) is 0 Å². The maximum atomic E-state index is 6.06. The number of alkyl halides is 1. The number of hydrogen-bond donors (Lipinski definition) is 0. The summed E-state index contributed by atoms with van der Waals surface area (Å²) in [6.07, 6.45) is 3.25. The highest BCUT2D eigenvalue weighted by Gasteiger charge is 2.26. The molecule has 0 spiro atoms. The molecule has 2 heterocycles. The van der Waals surface area contributed by atoms with E-state index in [2.05, 4.69) is 14.9 Å². The highest BCUT2D eigenvalue weighted by molar-refractivity contribution is 6.32. The first kappa shape index (κ1) is 11.9. The molecule has 0 bridgehead atoms. The van der Waals surface area contributed by atoms with E-state index in [0.717, 1.165) is 12.4 Å². The van der Waals surface area contributed by atoms with Crippen LogP contribution in [0.4, 0.5) is 5.82 Å². The van der Waals surface area contributed by atoms with Gasteiger partial charge >= 0.3 is 0 Å². The first-order chi connectivity index (χ1) is 7.70. The Morgan fingerprint density at radius 1 is 1.56 bits per heavy atom. The van der Waals surface area contributed by atoms with Gasteiger partial charge < -0.3 is 9.64 Å². The molecule has 0 radical (unpaired) electrons. The molecule has 1 fully saturated rings. The molecule has 6 heteroatoms. The maximum Gasteiger partial charge on any atom is 0.151 e. The molecule has 4 nitrogen and oxygen atoms in total. The number of halogens is 2. The van der Waals surface area contributed by atoms with E-state index in [1.165, 1.54) is 6.33 Å². The molecular weight excluding hydrogens is 249 g/mol. The van der Waals surface area contributed by atoms with E-state index < -0.39 is 0 Å². The van der Waals surface area contributed by atoms with Crippen LogP contribution >= 0.6 is 23.2 Å². The lowest BCUT2D eigenvalue weighted by Crippen LogP contribution is -2.47. The van der Waals surface area contributed by atoms with E-state index in [1.54, 1.807) is 6.20 Å². The van der Waals surface area contributed by atoms with Crippen molar-refractivity contribution in [2.45, 2.75) is 19.1 Å². The summed E-state index contributed by atoms with van der Waals surface area (Å²) in [5.74, 6) is 1.23. The molecule has 88 valence electrons. The molecule has 0 aliphatic carbocycles. The standard InChI is InChI=1S/C10H13Cl2N3O/c1-7-4-15(5-8(2-11)16-7)10-9(12)3-13-6-14-10/h3,6-8H,2,4-5H2,1H3. The molecule has 1 aliphatic heterocycles. The predicted molar refractivity (Wildman–Crippen MR) is 64.3 cm³/mol. The zero-order valence-corrected chi connectivity index (χ0v) is 10.4. The fourth-order valence-corrected chi connectivity index (χ4v) is 2.24. The molecule has 0 aromatic carbocycles. The van der Waals surface area contributed by atoms with Gasteiger partial charge in [0, 0.05) is 13.1 Å². The predicted octanol–water partition coefficient (Wildman–Crippen LogP) is 1.96. The minimum absolute atomic E-state index is 0.0245. The van der Waals surface area contributed by atoms with Crippen LogP contribution in [0.5, 0.6) is 0 Å². The van der Waals surface area contributed by atoms with Gasteiger partial charge in [0.05, 0.1) is 24.3 Å². The molecule has 1 aliphatic rings. The van der Waals surface area contributed by atoms with Crippen LogP contribution < -0.4 is 4.90 Å². The van der Waals surface area contributed by atoms with Gasteiger partial charge in [0.1, 0.15) is 11.3 Å². The number of anilines is 1. The monoisotopic (exact) mass is 261 g/mol. The molecule has 1 aromatic heterocycles. The fourth-order valence-electron chi connectivity index (χ4n) is 1.84. The molecular formula is C10H13Cl2N3O. The van der Waals surface area contributed by atoms with Gasteiger partial charge in [-0.1, -0.05) is 11.6 Å². The topological polar surface area (TPSA) is 38.2 Å². The highest BCUT2D eigenvalue weighted by Crippen LogP contribution is 2.25. The van der Waals surface area contributed by atoms with E-state index in [-0.39, 0.29) is 12.2 Å². The van der Waals surface area contributed by atoms with E-state index >= 15 is 0 Å². The van der Waals surface area contributed by atoms with E-state index in [4.69, 9.17) is 27.9 Å². The lowest BCUT2D eigenvalue weighted by Gasteiger charge is -2.36. The Morgan fingerprint density at radius 3 is 3.06 bits per heavy atom. The maximum absolute atomic E-state index is 6.06. The quantitative estimate of drug-likeness (QED) is 0.764. The van der Waals surface area contributed by atoms with Crippen molar-refractivity contribution in [3.63, 3.8) is 0 Å². The van der Waals surface area contributed by atoms with E-state index in [0.29, 0.717) is 17.4 Å². The number of morpholine rings is 1. The summed E-state index contributed by atoms with van der Waals surface area (Å²) in [5.41, 5.74) is 0. The van der Waals surface area contributed by atoms with Crippen molar-refractivity contribution in [1.29, 1.82) is 0 Å². The third-order valence-corrected chi connectivity index (χ3v) is 3.06. The first-order valence-corrected chi connectivity index (χ1v) is 6.04. The van der Waals surface area contributed by atoms with Gasteiger partial charge in [0.25, 0.3) is 0 Å². The minimum Gasteiger partial charge on any atom is -0.370 e. The van der Waals surface area contributed by atoms with Gasteiger partial charge in [-0.25, -0.2) is 9.97 Å². The number of hydrogen-bond acceptors (Lipinski definition) is 4. The Morgan fingerprint density at radius 2 is 2.38 bits per heavy atom. The van der Waals surface area contributed by atoms with Gasteiger partial charge in [-0.2, -0.15) is 0 Å². The van der Waals surface area contributed by atoms with Crippen LogP contribution in [0.3, 0.4) is 0 Å². The number of nitrogens with zero attached hydrogens (tertiary/aromatic N) is 3. The van der Waals surface area contributed by atoms with Crippen molar-refractivity contribution in [1.82, 2.24) is 9.97 Å². The summed E-state index contributed by atoms with van der Waals surface area (Å²) in [5, 5.41) is 0.560. The molecule has 16 heavy (non-hydrogen) atoms. The molecule has 0 N–H and O–H groups in total. The van der Waals surface area contributed by atoms with Gasteiger partial charge in [-0.05, 0) is 6.92 Å². The minimum atomic E-state index is 0.0245. The van der Waals surface area contributed by atoms with Crippen molar-refractivity contribution in [2.75, 3.05) is 23.9 Å². The molecule has 2 rings (SSSR count). The van der Waals surface area contributed by atoms with Crippen LogP contribution in [0.2, 0.25) is 5.02 Å². The zero-order valence-electron chi connectivity index (χ0n) is 8.94. The van der Waals surface area contributed by atoms with Crippen LogP contribution in [0.15, 0.2) is 12.5 Å². The van der Waals surface area contributed by atoms with Crippen LogP contribution in [0, 0.1) is 0 Å². The lowest BCUT2D eigenvalue weighted by atomic mass is 10.2. The molecule has 1 saturated heterocycles. The summed E-state index contributed by atoms with van der Waals surface area (Å²) >= 11 is 11.9. The smallest absolute Gasteiger partial charge is 0.151 e. The van der Waals surface area contributed by atoms with Gasteiger partial charge in [-0.3, -0.25) is 0 Å². The van der Waals surface area contributed by atoms with E-state index in [1.807, 2.05) is 6.92 Å². The third-order valence-electron chi connectivity index (χ3n) is 2.45. The fraction of sp³-hybridized carbons (Fsp3) is 0.600. The van der Waals surface area contributed by atoms with Crippen molar-refractivity contribution in [2.24, 2.45) is 0 Å². The largest absolute Gasteiger partial charge is 0.370 e. The number of aromatic nitrogens is 2. The van der Waals surface area contributed by atoms with Gasteiger partial charge in [0.2, 0.25) is 0 Å². The van der Waals surface area contributed by atoms with Crippen LogP contribution in [0.1, 0.15) is 6.92 Å². The second-order valence-corrected chi connectivity index (χ2v) is 4.54. The van der Waals surface area contributed by atoms with Crippen molar-refractivity contribution >= 4 is 29.0 Å². The Bertz CT molecular complexity index is 364. The second kappa shape index (κ2) is 5.17. The molecule has 2 atom stereocenters. The average molecular weight is 262 g/mol. The SMILES string of the molecule is CC1CN(c2ncncc2Cl)CC(CCl)O1. The molecule has 0 saturated carbocycles. The molecule has 2 unspecified atom stereocenters. The van der Waals surface area contributed by atoms with Crippen LogP contribution in [-0.2, 0) is 4.74 Å². The Balaban J connectivity index is 2.17. The summed E-state index contributed by atoms with van der Waals surface area (Å²) in [6, 6.07) is 0. The molecule has 0 amide bonds. The third kappa shape index (κ3) is 2.56. The highest BCUT2D eigenvalue weighted by atomic mass is 35.5. The molecule has 1 aromatic rings. The average Bonchev–Trinajstić information content (AvgIpc) is 2.28. The number of rotatable bonds is 2. The first-order valence-electron chi connectivity index (χ1n) is 5.12. The number of ether oxygens (including phenoxy) is 1. The Labute approximate surface area is 105 Å². The van der Waals surface area contributed by atoms with Gasteiger partial charge in [-0.15, -0.1) is 11.6 Å². The summed E-state index contributed by atoms with van der Waals surface area (Å²) in [7, 11) is 0. The van der Waals surface area contributed by atoms with Crippen molar-refractivity contribution < 1.29 is 4.74 Å². The van der Waals surface area contributed by atoms with Crippen LogP contribution in [-0.4, -0.2) is 41.1 Å². The zero-order chi connectivity index (χ0) is 11.5. The summed E-state index contributed by atoms with van der Waals surface area (Å²) in [6.45, 7) is 3.50. The van der Waals surface area contributed by atoms with Gasteiger partial charge in [0.15, 0.2) is 5.82 Å². The Hall–Kier alpha value is -0.580. The van der Waals surface area contributed by atoms with Crippen LogP contribution in [0.25, 0.3) is 0 Å². The Kier molecular flexibility index (Phi) is 3.84.